The van der Waals surface area contributed by atoms with Gasteiger partial charge >= 0.3 is 6.09 Å². The maximum absolute atomic E-state index is 12.2. The zero-order valence-corrected chi connectivity index (χ0v) is 15.1. The van der Waals surface area contributed by atoms with Crippen LogP contribution in [0.3, 0.4) is 0 Å². The molecule has 0 radical (unpaired) electrons. The predicted molar refractivity (Wildman–Crippen MR) is 95.1 cm³/mol. The third-order valence-corrected chi connectivity index (χ3v) is 5.03. The summed E-state index contributed by atoms with van der Waals surface area (Å²) in [5.41, 5.74) is 0.116. The number of aliphatic hydroxyl groups is 1. The Kier molecular flexibility index (Phi) is 6.29. The molecule has 1 fully saturated rings. The molecule has 0 spiro atoms. The number of hydrogen-bond donors (Lipinski definition) is 2. The molecule has 2 N–H and O–H groups in total. The third kappa shape index (κ3) is 5.83. The smallest absolute Gasteiger partial charge is 0.407 e. The molecule has 1 saturated carbocycles. The van der Waals surface area contributed by atoms with Crippen LogP contribution in [0.15, 0.2) is 30.3 Å². The molecule has 6 heteroatoms. The summed E-state index contributed by atoms with van der Waals surface area (Å²) in [7, 11) is 0. The van der Waals surface area contributed by atoms with E-state index in [4.69, 9.17) is 4.74 Å². The van der Waals surface area contributed by atoms with Crippen molar-refractivity contribution in [1.29, 1.82) is 0 Å². The normalized spacial score (nSPS) is 23.8. The van der Waals surface area contributed by atoms with Crippen LogP contribution in [0, 0.1) is 5.92 Å². The zero-order valence-electron chi connectivity index (χ0n) is 14.3. The lowest BCUT2D eigenvalue weighted by molar-refractivity contribution is 0.0517. The standard InChI is InChI=1S/C18H25NO4S/c1-18(2,3)23-17(22)19-11-12-9-14(20)15(10-12)24-16(21)13-7-5-4-6-8-13/h4-8,12,14-15,20H,9-11H2,1-3H3,(H,19,22)/t12-,14+,15+/m1/s1. The molecule has 132 valence electrons. The van der Waals surface area contributed by atoms with Gasteiger partial charge in [-0.15, -0.1) is 0 Å². The highest BCUT2D eigenvalue weighted by Gasteiger charge is 2.35. The third-order valence-electron chi connectivity index (χ3n) is 3.77. The van der Waals surface area contributed by atoms with Gasteiger partial charge < -0.3 is 15.2 Å². The first-order valence-corrected chi connectivity index (χ1v) is 9.03. The minimum absolute atomic E-state index is 0.0274. The van der Waals surface area contributed by atoms with E-state index in [1.807, 2.05) is 39.0 Å². The first kappa shape index (κ1) is 18.8. The molecule has 1 aromatic rings. The van der Waals surface area contributed by atoms with Crippen molar-refractivity contribution in [3.8, 4) is 0 Å². The fraction of sp³-hybridized carbons (Fsp3) is 0.556. The molecule has 0 aromatic heterocycles. The Bertz CT molecular complexity index is 570. The Hall–Kier alpha value is -1.53. The van der Waals surface area contributed by atoms with Crippen molar-refractivity contribution in [3.63, 3.8) is 0 Å². The summed E-state index contributed by atoms with van der Waals surface area (Å²) < 4.78 is 5.20. The molecule has 0 saturated heterocycles. The molecule has 3 atom stereocenters. The van der Waals surface area contributed by atoms with Crippen LogP contribution in [-0.4, -0.2) is 39.8 Å². The first-order chi connectivity index (χ1) is 11.2. The minimum atomic E-state index is -0.534. The molecule has 1 aromatic carbocycles. The van der Waals surface area contributed by atoms with E-state index in [9.17, 15) is 14.7 Å². The van der Waals surface area contributed by atoms with Crippen LogP contribution in [0.2, 0.25) is 0 Å². The van der Waals surface area contributed by atoms with E-state index in [1.165, 1.54) is 11.8 Å². The van der Waals surface area contributed by atoms with Gasteiger partial charge in [-0.1, -0.05) is 42.1 Å². The van der Waals surface area contributed by atoms with Crippen molar-refractivity contribution in [1.82, 2.24) is 5.32 Å². The first-order valence-electron chi connectivity index (χ1n) is 8.15. The fourth-order valence-electron chi connectivity index (χ4n) is 2.69. The SMILES string of the molecule is CC(C)(C)OC(=O)NC[C@H]1C[C@H](SC(=O)c2ccccc2)[C@@H](O)C1. The number of carbonyl (C=O) groups excluding carboxylic acids is 2. The zero-order chi connectivity index (χ0) is 17.7. The van der Waals surface area contributed by atoms with Gasteiger partial charge in [0, 0.05) is 17.4 Å². The summed E-state index contributed by atoms with van der Waals surface area (Å²) in [6, 6.07) is 9.07. The van der Waals surface area contributed by atoms with E-state index in [0.717, 1.165) is 0 Å². The summed E-state index contributed by atoms with van der Waals surface area (Å²) in [6.45, 7) is 5.89. The van der Waals surface area contributed by atoms with E-state index in [-0.39, 0.29) is 16.3 Å². The average molecular weight is 351 g/mol. The average Bonchev–Trinajstić information content (AvgIpc) is 2.84. The number of amides is 1. The molecule has 0 unspecified atom stereocenters. The lowest BCUT2D eigenvalue weighted by Crippen LogP contribution is -2.35. The van der Waals surface area contributed by atoms with Crippen molar-refractivity contribution in [2.75, 3.05) is 6.54 Å². The minimum Gasteiger partial charge on any atom is -0.444 e. The van der Waals surface area contributed by atoms with Gasteiger partial charge in [0.05, 0.1) is 6.10 Å². The summed E-state index contributed by atoms with van der Waals surface area (Å²) in [4.78, 5) is 23.9. The predicted octanol–water partition coefficient (Wildman–Crippen LogP) is 3.22. The van der Waals surface area contributed by atoms with E-state index in [2.05, 4.69) is 5.32 Å². The lowest BCUT2D eigenvalue weighted by Gasteiger charge is -2.20. The number of aliphatic hydroxyl groups excluding tert-OH is 1. The van der Waals surface area contributed by atoms with Crippen molar-refractivity contribution < 1.29 is 19.4 Å². The van der Waals surface area contributed by atoms with Crippen LogP contribution < -0.4 is 5.32 Å². The Morgan fingerprint density at radius 2 is 1.92 bits per heavy atom. The maximum Gasteiger partial charge on any atom is 0.407 e. The maximum atomic E-state index is 12.2. The van der Waals surface area contributed by atoms with Gasteiger partial charge in [0.15, 0.2) is 0 Å². The summed E-state index contributed by atoms with van der Waals surface area (Å²) in [5, 5.41) is 12.8. The number of carbonyl (C=O) groups is 2. The number of alkyl carbamates (subject to hydrolysis) is 1. The van der Waals surface area contributed by atoms with Gasteiger partial charge in [-0.05, 0) is 39.5 Å². The number of thioether (sulfide) groups is 1. The lowest BCUT2D eigenvalue weighted by atomic mass is 10.1. The quantitative estimate of drug-likeness (QED) is 0.871. The summed E-state index contributed by atoms with van der Waals surface area (Å²) >= 11 is 1.18. The molecule has 1 aliphatic carbocycles. The van der Waals surface area contributed by atoms with Crippen molar-refractivity contribution in [3.05, 3.63) is 35.9 Å². The molecule has 1 amide bonds. The molecule has 1 aliphatic rings. The van der Waals surface area contributed by atoms with Crippen molar-refractivity contribution in [2.45, 2.75) is 50.6 Å². The van der Waals surface area contributed by atoms with Crippen LogP contribution in [0.25, 0.3) is 0 Å². The number of nitrogens with one attached hydrogen (secondary N) is 1. The Labute approximate surface area is 147 Å². The van der Waals surface area contributed by atoms with Crippen LogP contribution in [0.5, 0.6) is 0 Å². The molecule has 0 aliphatic heterocycles. The van der Waals surface area contributed by atoms with Crippen molar-refractivity contribution in [2.24, 2.45) is 5.92 Å². The van der Waals surface area contributed by atoms with Gasteiger partial charge in [0.25, 0.3) is 0 Å². The van der Waals surface area contributed by atoms with E-state index in [1.54, 1.807) is 12.1 Å². The number of hydrogen-bond acceptors (Lipinski definition) is 5. The van der Waals surface area contributed by atoms with Crippen LogP contribution in [-0.2, 0) is 4.74 Å². The topological polar surface area (TPSA) is 75.6 Å². The number of ether oxygens (including phenoxy) is 1. The monoisotopic (exact) mass is 351 g/mol. The molecule has 5 nitrogen and oxygen atoms in total. The summed E-state index contributed by atoms with van der Waals surface area (Å²) in [6.07, 6.45) is 0.289. The number of rotatable bonds is 4. The second-order valence-electron chi connectivity index (χ2n) is 7.10. The highest BCUT2D eigenvalue weighted by molar-refractivity contribution is 8.14. The van der Waals surface area contributed by atoms with Crippen molar-refractivity contribution >= 4 is 23.0 Å². The van der Waals surface area contributed by atoms with Gasteiger partial charge in [-0.2, -0.15) is 0 Å². The van der Waals surface area contributed by atoms with Crippen LogP contribution >= 0.6 is 11.8 Å². The highest BCUT2D eigenvalue weighted by Crippen LogP contribution is 2.35. The van der Waals surface area contributed by atoms with Gasteiger partial charge in [0.1, 0.15) is 5.60 Å². The van der Waals surface area contributed by atoms with E-state index in [0.29, 0.717) is 24.9 Å². The Morgan fingerprint density at radius 1 is 1.25 bits per heavy atom. The molecule has 24 heavy (non-hydrogen) atoms. The Morgan fingerprint density at radius 3 is 2.54 bits per heavy atom. The molecule has 0 heterocycles. The fourth-order valence-corrected chi connectivity index (χ4v) is 3.87. The van der Waals surface area contributed by atoms with Gasteiger partial charge in [-0.3, -0.25) is 4.79 Å². The molecular formula is C18H25NO4S. The number of benzene rings is 1. The van der Waals surface area contributed by atoms with E-state index >= 15 is 0 Å². The highest BCUT2D eigenvalue weighted by atomic mass is 32.2. The molecule has 2 rings (SSSR count). The summed E-state index contributed by atoms with van der Waals surface area (Å²) in [5.74, 6) is 0.147. The molecular weight excluding hydrogens is 326 g/mol. The van der Waals surface area contributed by atoms with Gasteiger partial charge in [-0.25, -0.2) is 4.79 Å². The van der Waals surface area contributed by atoms with Crippen LogP contribution in [0.4, 0.5) is 4.79 Å². The second kappa shape index (κ2) is 8.03. The Balaban J connectivity index is 1.80. The van der Waals surface area contributed by atoms with Crippen LogP contribution in [0.1, 0.15) is 44.0 Å². The van der Waals surface area contributed by atoms with Gasteiger partial charge in [0.2, 0.25) is 5.12 Å². The second-order valence-corrected chi connectivity index (χ2v) is 8.31. The van der Waals surface area contributed by atoms with E-state index < -0.39 is 17.8 Å². The molecule has 0 bridgehead atoms. The largest absolute Gasteiger partial charge is 0.444 e.